The highest BCUT2D eigenvalue weighted by Gasteiger charge is 2.19. The van der Waals surface area contributed by atoms with Crippen molar-refractivity contribution in [1.82, 2.24) is 15.2 Å². The van der Waals surface area contributed by atoms with Crippen LogP contribution in [-0.2, 0) is 6.54 Å². The van der Waals surface area contributed by atoms with Crippen molar-refractivity contribution in [3.63, 3.8) is 0 Å². The summed E-state index contributed by atoms with van der Waals surface area (Å²) in [5, 5.41) is 4.46. The number of rotatable bonds is 3. The molecular formula is C9H15Cl2N3S. The second-order valence-corrected chi connectivity index (χ2v) is 5.37. The third kappa shape index (κ3) is 3.57. The summed E-state index contributed by atoms with van der Waals surface area (Å²) in [7, 11) is 2.15. The van der Waals surface area contributed by atoms with Gasteiger partial charge in [-0.2, -0.15) is 0 Å². The average Bonchev–Trinajstić information content (AvgIpc) is 2.75. The van der Waals surface area contributed by atoms with Crippen molar-refractivity contribution in [2.45, 2.75) is 19.0 Å². The number of hydrogen-bond donors (Lipinski definition) is 1. The number of thiazole rings is 1. The minimum Gasteiger partial charge on any atom is -0.315 e. The maximum absolute atomic E-state index is 5.83. The molecule has 1 aliphatic heterocycles. The highest BCUT2D eigenvalue weighted by molar-refractivity contribution is 7.15. The number of nitrogens with zero attached hydrogens (tertiary/aromatic N) is 2. The zero-order valence-electron chi connectivity index (χ0n) is 8.57. The standard InChI is InChI=1S/C9H14ClN3S.ClH/c1-13(7-2-3-11-4-7)6-9-12-5-8(10)14-9;/h5,7,11H,2-4,6H2,1H3;1H. The molecule has 3 nitrogen and oxygen atoms in total. The van der Waals surface area contributed by atoms with E-state index in [4.69, 9.17) is 11.6 Å². The van der Waals surface area contributed by atoms with Crippen LogP contribution in [0.3, 0.4) is 0 Å². The van der Waals surface area contributed by atoms with Gasteiger partial charge >= 0.3 is 0 Å². The molecule has 1 aromatic heterocycles. The van der Waals surface area contributed by atoms with E-state index in [0.717, 1.165) is 29.0 Å². The largest absolute Gasteiger partial charge is 0.315 e. The van der Waals surface area contributed by atoms with Crippen molar-refractivity contribution in [3.8, 4) is 0 Å². The van der Waals surface area contributed by atoms with E-state index >= 15 is 0 Å². The molecule has 0 radical (unpaired) electrons. The smallest absolute Gasteiger partial charge is 0.113 e. The van der Waals surface area contributed by atoms with Crippen LogP contribution in [0.25, 0.3) is 0 Å². The number of nitrogens with one attached hydrogen (secondary N) is 1. The third-order valence-electron chi connectivity index (χ3n) is 2.57. The average molecular weight is 268 g/mol. The van der Waals surface area contributed by atoms with Gasteiger partial charge in [0, 0.05) is 12.6 Å². The lowest BCUT2D eigenvalue weighted by Gasteiger charge is -2.21. The Hall–Kier alpha value is 0.130. The van der Waals surface area contributed by atoms with E-state index < -0.39 is 0 Å². The second-order valence-electron chi connectivity index (χ2n) is 3.62. The van der Waals surface area contributed by atoms with Gasteiger partial charge in [-0.1, -0.05) is 11.6 Å². The molecule has 0 saturated carbocycles. The summed E-state index contributed by atoms with van der Waals surface area (Å²) < 4.78 is 0.776. The van der Waals surface area contributed by atoms with Crippen LogP contribution in [0, 0.1) is 0 Å². The van der Waals surface area contributed by atoms with Crippen molar-refractivity contribution in [2.75, 3.05) is 20.1 Å². The van der Waals surface area contributed by atoms with Crippen molar-refractivity contribution >= 4 is 35.3 Å². The van der Waals surface area contributed by atoms with E-state index in [1.165, 1.54) is 6.42 Å². The van der Waals surface area contributed by atoms with Gasteiger partial charge < -0.3 is 5.32 Å². The summed E-state index contributed by atoms with van der Waals surface area (Å²) in [4.78, 5) is 6.59. The Balaban J connectivity index is 0.00000112. The molecular weight excluding hydrogens is 253 g/mol. The second kappa shape index (κ2) is 6.01. The van der Waals surface area contributed by atoms with Gasteiger partial charge in [0.05, 0.1) is 12.7 Å². The Bertz CT molecular complexity index is 299. The molecule has 0 amide bonds. The van der Waals surface area contributed by atoms with Crippen LogP contribution in [0.15, 0.2) is 6.20 Å². The molecule has 1 unspecified atom stereocenters. The number of likely N-dealkylation sites (N-methyl/N-ethyl adjacent to an activating group) is 1. The Morgan fingerprint density at radius 1 is 1.73 bits per heavy atom. The summed E-state index contributed by atoms with van der Waals surface area (Å²) in [6.07, 6.45) is 2.96. The first kappa shape index (κ1) is 13.2. The van der Waals surface area contributed by atoms with Crippen LogP contribution < -0.4 is 5.32 Å². The molecule has 0 spiro atoms. The van der Waals surface area contributed by atoms with Gasteiger partial charge in [0.15, 0.2) is 0 Å². The Morgan fingerprint density at radius 2 is 2.53 bits per heavy atom. The zero-order chi connectivity index (χ0) is 9.97. The maximum Gasteiger partial charge on any atom is 0.113 e. The summed E-state index contributed by atoms with van der Waals surface area (Å²) in [6.45, 7) is 3.13. The fourth-order valence-electron chi connectivity index (χ4n) is 1.72. The highest BCUT2D eigenvalue weighted by atomic mass is 35.5. The normalized spacial score (nSPS) is 20.6. The van der Waals surface area contributed by atoms with Gasteiger partial charge in [0.25, 0.3) is 0 Å². The van der Waals surface area contributed by atoms with E-state index in [-0.39, 0.29) is 12.4 Å². The molecule has 1 aromatic rings. The van der Waals surface area contributed by atoms with Crippen LogP contribution in [-0.4, -0.2) is 36.1 Å². The van der Waals surface area contributed by atoms with Crippen LogP contribution in [0.1, 0.15) is 11.4 Å². The summed E-state index contributed by atoms with van der Waals surface area (Å²) in [5.41, 5.74) is 0. The Kier molecular flexibility index (Phi) is 5.29. The van der Waals surface area contributed by atoms with Crippen molar-refractivity contribution in [1.29, 1.82) is 0 Å². The maximum atomic E-state index is 5.83. The van der Waals surface area contributed by atoms with Crippen LogP contribution in [0.4, 0.5) is 0 Å². The van der Waals surface area contributed by atoms with Gasteiger partial charge in [-0.15, -0.1) is 23.7 Å². The Labute approximate surface area is 105 Å². The molecule has 2 heterocycles. The quantitative estimate of drug-likeness (QED) is 0.909. The number of halogens is 2. The number of hydrogen-bond acceptors (Lipinski definition) is 4. The van der Waals surface area contributed by atoms with Gasteiger partial charge in [0.2, 0.25) is 0 Å². The lowest BCUT2D eigenvalue weighted by atomic mass is 10.2. The van der Waals surface area contributed by atoms with Crippen LogP contribution in [0.5, 0.6) is 0 Å². The van der Waals surface area contributed by atoms with E-state index in [2.05, 4.69) is 22.2 Å². The molecule has 1 aliphatic rings. The predicted octanol–water partition coefficient (Wildman–Crippen LogP) is 2.01. The van der Waals surface area contributed by atoms with E-state index in [1.807, 2.05) is 0 Å². The van der Waals surface area contributed by atoms with E-state index in [0.29, 0.717) is 6.04 Å². The Morgan fingerprint density at radius 3 is 3.07 bits per heavy atom. The van der Waals surface area contributed by atoms with Crippen LogP contribution >= 0.6 is 35.3 Å². The highest BCUT2D eigenvalue weighted by Crippen LogP contribution is 2.20. The lowest BCUT2D eigenvalue weighted by Crippen LogP contribution is -2.32. The minimum absolute atomic E-state index is 0. The van der Waals surface area contributed by atoms with Crippen molar-refractivity contribution < 1.29 is 0 Å². The zero-order valence-corrected chi connectivity index (χ0v) is 11.0. The van der Waals surface area contributed by atoms with Gasteiger partial charge in [-0.3, -0.25) is 4.90 Å². The minimum atomic E-state index is 0. The van der Waals surface area contributed by atoms with Gasteiger partial charge in [-0.25, -0.2) is 4.98 Å². The summed E-state index contributed by atoms with van der Waals surface area (Å²) >= 11 is 7.40. The molecule has 1 N–H and O–H groups in total. The molecule has 15 heavy (non-hydrogen) atoms. The fraction of sp³-hybridized carbons (Fsp3) is 0.667. The van der Waals surface area contributed by atoms with E-state index in [9.17, 15) is 0 Å². The molecule has 1 saturated heterocycles. The molecule has 1 fully saturated rings. The van der Waals surface area contributed by atoms with Gasteiger partial charge in [0.1, 0.15) is 9.34 Å². The van der Waals surface area contributed by atoms with Crippen LogP contribution in [0.2, 0.25) is 4.34 Å². The monoisotopic (exact) mass is 267 g/mol. The van der Waals surface area contributed by atoms with Crippen molar-refractivity contribution in [2.24, 2.45) is 0 Å². The molecule has 2 rings (SSSR count). The fourth-order valence-corrected chi connectivity index (χ4v) is 2.74. The first-order valence-electron chi connectivity index (χ1n) is 4.77. The first-order valence-corrected chi connectivity index (χ1v) is 5.96. The molecule has 0 aromatic carbocycles. The summed E-state index contributed by atoms with van der Waals surface area (Å²) in [5.74, 6) is 0. The summed E-state index contributed by atoms with van der Waals surface area (Å²) in [6, 6.07) is 0.651. The topological polar surface area (TPSA) is 28.2 Å². The van der Waals surface area contributed by atoms with E-state index in [1.54, 1.807) is 17.5 Å². The third-order valence-corrected chi connectivity index (χ3v) is 3.67. The molecule has 1 atom stereocenters. The van der Waals surface area contributed by atoms with Gasteiger partial charge in [-0.05, 0) is 20.0 Å². The lowest BCUT2D eigenvalue weighted by molar-refractivity contribution is 0.248. The SMILES string of the molecule is CN(Cc1ncc(Cl)s1)C1CCNC1.Cl. The predicted molar refractivity (Wildman–Crippen MR) is 67.1 cm³/mol. The number of aromatic nitrogens is 1. The molecule has 0 bridgehead atoms. The molecule has 0 aliphatic carbocycles. The first-order chi connectivity index (χ1) is 6.75. The molecule has 86 valence electrons. The van der Waals surface area contributed by atoms with Crippen molar-refractivity contribution in [3.05, 3.63) is 15.5 Å². The molecule has 6 heteroatoms.